The van der Waals surface area contributed by atoms with Crippen molar-refractivity contribution in [2.75, 3.05) is 43.5 Å². The van der Waals surface area contributed by atoms with Crippen molar-refractivity contribution in [2.45, 2.75) is 20.3 Å². The summed E-state index contributed by atoms with van der Waals surface area (Å²) in [5.74, 6) is 0.720. The lowest BCUT2D eigenvalue weighted by Gasteiger charge is -2.36. The Balaban J connectivity index is 1.68. The molecule has 32 heavy (non-hydrogen) atoms. The highest BCUT2D eigenvalue weighted by Gasteiger charge is 2.23. The van der Waals surface area contributed by atoms with Gasteiger partial charge in [-0.15, -0.1) is 0 Å². The van der Waals surface area contributed by atoms with Gasteiger partial charge in [0.1, 0.15) is 5.75 Å². The van der Waals surface area contributed by atoms with Gasteiger partial charge in [0.2, 0.25) is 5.91 Å². The molecule has 0 unspecified atom stereocenters. The molecule has 2 aromatic rings. The van der Waals surface area contributed by atoms with Gasteiger partial charge in [0.15, 0.2) is 0 Å². The molecular weight excluding hydrogens is 562 g/mol. The summed E-state index contributed by atoms with van der Waals surface area (Å²) in [5.41, 5.74) is 1.88. The molecule has 2 amide bonds. The number of amides is 2. The lowest BCUT2D eigenvalue weighted by atomic mass is 10.1. The van der Waals surface area contributed by atoms with E-state index in [1.807, 2.05) is 23.1 Å². The highest BCUT2D eigenvalue weighted by molar-refractivity contribution is 9.11. The number of piperazine rings is 1. The number of benzene rings is 2. The van der Waals surface area contributed by atoms with E-state index < -0.39 is 0 Å². The zero-order valence-corrected chi connectivity index (χ0v) is 22.2. The van der Waals surface area contributed by atoms with E-state index in [1.165, 1.54) is 7.11 Å². The Bertz CT molecular complexity index is 1010. The number of methoxy groups -OCH3 is 1. The van der Waals surface area contributed by atoms with E-state index in [2.05, 4.69) is 55.9 Å². The van der Waals surface area contributed by atoms with Crippen molar-refractivity contribution in [2.24, 2.45) is 5.92 Å². The molecule has 0 atom stereocenters. The predicted octanol–water partition coefficient (Wildman–Crippen LogP) is 5.82. The van der Waals surface area contributed by atoms with Gasteiger partial charge >= 0.3 is 0 Å². The van der Waals surface area contributed by atoms with E-state index >= 15 is 0 Å². The maximum Gasteiger partial charge on any atom is 0.259 e. The summed E-state index contributed by atoms with van der Waals surface area (Å²) < 4.78 is 6.81. The van der Waals surface area contributed by atoms with Gasteiger partial charge in [-0.05, 0) is 52.2 Å². The fraction of sp³-hybridized carbons (Fsp3) is 0.391. The van der Waals surface area contributed by atoms with Crippen molar-refractivity contribution < 1.29 is 14.3 Å². The molecule has 1 heterocycles. The highest BCUT2D eigenvalue weighted by Crippen LogP contribution is 2.34. The Morgan fingerprint density at radius 3 is 2.41 bits per heavy atom. The molecule has 1 N–H and O–H groups in total. The van der Waals surface area contributed by atoms with Crippen LogP contribution in [-0.2, 0) is 4.79 Å². The second-order valence-electron chi connectivity index (χ2n) is 8.05. The molecule has 9 heteroatoms. The van der Waals surface area contributed by atoms with Crippen LogP contribution in [0.15, 0.2) is 39.3 Å². The standard InChI is InChI=1S/C23H26Br2ClN3O3/c1-14(2)10-21(30)29-8-6-28(7-9-29)20-5-4-16(13-19(20)26)27-23(31)17-11-15(24)12-18(25)22(17)32-3/h4-5,11-14H,6-10H2,1-3H3,(H,27,31). The lowest BCUT2D eigenvalue weighted by molar-refractivity contribution is -0.132. The maximum absolute atomic E-state index is 12.8. The van der Waals surface area contributed by atoms with Crippen LogP contribution in [0.4, 0.5) is 11.4 Å². The number of ether oxygens (including phenoxy) is 1. The second-order valence-corrected chi connectivity index (χ2v) is 10.2. The maximum atomic E-state index is 12.8. The average Bonchev–Trinajstić information content (AvgIpc) is 2.73. The van der Waals surface area contributed by atoms with Crippen LogP contribution in [-0.4, -0.2) is 50.0 Å². The molecule has 0 aliphatic carbocycles. The van der Waals surface area contributed by atoms with Gasteiger partial charge in [0.25, 0.3) is 5.91 Å². The lowest BCUT2D eigenvalue weighted by Crippen LogP contribution is -2.49. The van der Waals surface area contributed by atoms with E-state index in [-0.39, 0.29) is 11.8 Å². The van der Waals surface area contributed by atoms with Crippen molar-refractivity contribution in [3.63, 3.8) is 0 Å². The minimum atomic E-state index is -0.301. The third-order valence-corrected chi connectivity index (χ3v) is 6.57. The van der Waals surface area contributed by atoms with Crippen LogP contribution < -0.4 is 15.0 Å². The Labute approximate surface area is 210 Å². The molecule has 2 aromatic carbocycles. The number of rotatable bonds is 6. The topological polar surface area (TPSA) is 61.9 Å². The Hall–Kier alpha value is -1.77. The average molecular weight is 588 g/mol. The van der Waals surface area contributed by atoms with Crippen molar-refractivity contribution in [1.82, 2.24) is 4.90 Å². The number of hydrogen-bond donors (Lipinski definition) is 1. The first kappa shape index (κ1) is 24.9. The minimum absolute atomic E-state index is 0.207. The summed E-state index contributed by atoms with van der Waals surface area (Å²) in [6.07, 6.45) is 0.578. The Morgan fingerprint density at radius 2 is 1.81 bits per heavy atom. The molecule has 1 saturated heterocycles. The normalized spacial score (nSPS) is 14.0. The number of nitrogens with one attached hydrogen (secondary N) is 1. The number of carbonyl (C=O) groups is 2. The van der Waals surface area contributed by atoms with Gasteiger partial charge in [-0.1, -0.05) is 41.4 Å². The van der Waals surface area contributed by atoms with Gasteiger partial charge in [0, 0.05) is 42.8 Å². The molecule has 6 nitrogen and oxygen atoms in total. The molecule has 0 spiro atoms. The van der Waals surface area contributed by atoms with Gasteiger partial charge in [-0.25, -0.2) is 0 Å². The van der Waals surface area contributed by atoms with Gasteiger partial charge < -0.3 is 19.9 Å². The molecule has 1 fully saturated rings. The van der Waals surface area contributed by atoms with Crippen LogP contribution in [0.2, 0.25) is 5.02 Å². The van der Waals surface area contributed by atoms with Crippen molar-refractivity contribution in [3.05, 3.63) is 49.9 Å². The number of anilines is 2. The summed E-state index contributed by atoms with van der Waals surface area (Å²) in [5, 5.41) is 3.43. The first-order valence-corrected chi connectivity index (χ1v) is 12.3. The number of hydrogen-bond acceptors (Lipinski definition) is 4. The molecule has 0 bridgehead atoms. The van der Waals surface area contributed by atoms with E-state index in [0.29, 0.717) is 51.9 Å². The van der Waals surface area contributed by atoms with Crippen LogP contribution in [0.25, 0.3) is 0 Å². The zero-order valence-electron chi connectivity index (χ0n) is 18.3. The summed E-state index contributed by atoms with van der Waals surface area (Å²) in [6.45, 7) is 6.91. The van der Waals surface area contributed by atoms with Crippen LogP contribution in [0.3, 0.4) is 0 Å². The number of halogens is 3. The molecule has 0 radical (unpaired) electrons. The van der Waals surface area contributed by atoms with E-state index in [0.717, 1.165) is 23.2 Å². The van der Waals surface area contributed by atoms with Crippen molar-refractivity contribution in [1.29, 1.82) is 0 Å². The fourth-order valence-corrected chi connectivity index (χ4v) is 5.34. The molecular formula is C23H26Br2ClN3O3. The zero-order chi connectivity index (χ0) is 23.4. The molecule has 0 aromatic heterocycles. The van der Waals surface area contributed by atoms with Crippen LogP contribution >= 0.6 is 43.5 Å². The summed E-state index contributed by atoms with van der Waals surface area (Å²) >= 11 is 13.4. The molecule has 0 saturated carbocycles. The Kier molecular flexibility index (Phi) is 8.47. The fourth-order valence-electron chi connectivity index (χ4n) is 3.65. The van der Waals surface area contributed by atoms with Crippen molar-refractivity contribution in [3.8, 4) is 5.75 Å². The SMILES string of the molecule is COc1c(Br)cc(Br)cc1C(=O)Nc1ccc(N2CCN(C(=O)CC(C)C)CC2)c(Cl)c1. The highest BCUT2D eigenvalue weighted by atomic mass is 79.9. The molecule has 1 aliphatic rings. The van der Waals surface area contributed by atoms with Gasteiger partial charge in [-0.2, -0.15) is 0 Å². The first-order chi connectivity index (χ1) is 15.2. The number of carbonyl (C=O) groups excluding carboxylic acids is 2. The molecule has 172 valence electrons. The van der Waals surface area contributed by atoms with E-state index in [1.54, 1.807) is 12.1 Å². The third kappa shape index (κ3) is 5.97. The second kappa shape index (κ2) is 10.9. The summed E-state index contributed by atoms with van der Waals surface area (Å²) in [4.78, 5) is 29.2. The first-order valence-electron chi connectivity index (χ1n) is 10.4. The Morgan fingerprint density at radius 1 is 1.12 bits per heavy atom. The molecule has 3 rings (SSSR count). The number of nitrogens with zero attached hydrogens (tertiary/aromatic N) is 2. The van der Waals surface area contributed by atoms with Crippen LogP contribution in [0.5, 0.6) is 5.75 Å². The minimum Gasteiger partial charge on any atom is -0.495 e. The van der Waals surface area contributed by atoms with Gasteiger partial charge in [-0.3, -0.25) is 9.59 Å². The quantitative estimate of drug-likeness (QED) is 0.463. The van der Waals surface area contributed by atoms with Crippen LogP contribution in [0, 0.1) is 5.92 Å². The van der Waals surface area contributed by atoms with Gasteiger partial charge in [0.05, 0.1) is 27.9 Å². The smallest absolute Gasteiger partial charge is 0.259 e. The summed E-state index contributed by atoms with van der Waals surface area (Å²) in [6, 6.07) is 8.99. The van der Waals surface area contributed by atoms with E-state index in [9.17, 15) is 9.59 Å². The van der Waals surface area contributed by atoms with Crippen molar-refractivity contribution >= 4 is 66.6 Å². The molecule has 1 aliphatic heterocycles. The largest absolute Gasteiger partial charge is 0.495 e. The van der Waals surface area contributed by atoms with Crippen LogP contribution in [0.1, 0.15) is 30.6 Å². The predicted molar refractivity (Wildman–Crippen MR) is 136 cm³/mol. The monoisotopic (exact) mass is 585 g/mol. The third-order valence-electron chi connectivity index (χ3n) is 5.22. The van der Waals surface area contributed by atoms with E-state index in [4.69, 9.17) is 16.3 Å². The summed E-state index contributed by atoms with van der Waals surface area (Å²) in [7, 11) is 1.52.